The van der Waals surface area contributed by atoms with E-state index < -0.39 is 30.4 Å². The summed E-state index contributed by atoms with van der Waals surface area (Å²) in [6.45, 7) is 4.07. The maximum Gasteiger partial charge on any atom is 0.305 e. The van der Waals surface area contributed by atoms with Gasteiger partial charge in [-0.2, -0.15) is 5.10 Å². The summed E-state index contributed by atoms with van der Waals surface area (Å²) in [6.07, 6.45) is 2.25. The maximum atomic E-state index is 13.7. The summed E-state index contributed by atoms with van der Waals surface area (Å²) < 4.78 is 15.5. The Hall–Kier alpha value is -2.74. The average molecular weight is 447 g/mol. The molecule has 0 radical (unpaired) electrons. The number of hydrogen-bond donors (Lipinski definition) is 3. The van der Waals surface area contributed by atoms with E-state index in [4.69, 9.17) is 16.7 Å². The van der Waals surface area contributed by atoms with Crippen molar-refractivity contribution in [3.05, 3.63) is 64.6 Å². The van der Waals surface area contributed by atoms with Gasteiger partial charge >= 0.3 is 5.97 Å². The predicted molar refractivity (Wildman–Crippen MR) is 118 cm³/mol. The fourth-order valence-corrected chi connectivity index (χ4v) is 3.76. The van der Waals surface area contributed by atoms with E-state index in [1.54, 1.807) is 16.7 Å². The van der Waals surface area contributed by atoms with Gasteiger partial charge in [-0.15, -0.1) is 0 Å². The summed E-state index contributed by atoms with van der Waals surface area (Å²) in [5, 5.41) is 33.5. The third-order valence-corrected chi connectivity index (χ3v) is 5.23. The second-order valence-corrected chi connectivity index (χ2v) is 8.12. The molecular weight excluding hydrogens is 423 g/mol. The molecule has 0 saturated heterocycles. The molecule has 31 heavy (non-hydrogen) atoms. The fraction of sp³-hybridized carbons (Fsp3) is 0.304. The largest absolute Gasteiger partial charge is 0.481 e. The quantitative estimate of drug-likeness (QED) is 0.473. The number of aliphatic hydroxyl groups is 2. The highest BCUT2D eigenvalue weighted by molar-refractivity contribution is 6.31. The molecule has 2 aromatic heterocycles. The monoisotopic (exact) mass is 446 g/mol. The van der Waals surface area contributed by atoms with E-state index in [1.807, 2.05) is 32.2 Å². The molecule has 0 aliphatic rings. The number of nitrogens with zero attached hydrogens (tertiary/aromatic N) is 2. The van der Waals surface area contributed by atoms with Gasteiger partial charge in [0.15, 0.2) is 0 Å². The Morgan fingerprint density at radius 1 is 1.29 bits per heavy atom. The lowest BCUT2D eigenvalue weighted by Gasteiger charge is -2.18. The van der Waals surface area contributed by atoms with Crippen LogP contribution in [0.25, 0.3) is 22.9 Å². The number of carbonyl (C=O) groups is 1. The molecule has 1 aromatic carbocycles. The van der Waals surface area contributed by atoms with Gasteiger partial charge in [0.2, 0.25) is 0 Å². The zero-order valence-corrected chi connectivity index (χ0v) is 17.9. The van der Waals surface area contributed by atoms with Crippen LogP contribution in [0, 0.1) is 5.82 Å². The van der Waals surface area contributed by atoms with Crippen LogP contribution in [0.3, 0.4) is 0 Å². The van der Waals surface area contributed by atoms with Gasteiger partial charge in [-0.05, 0) is 41.8 Å². The van der Waals surface area contributed by atoms with Gasteiger partial charge in [0.1, 0.15) is 5.82 Å². The summed E-state index contributed by atoms with van der Waals surface area (Å²) >= 11 is 6.00. The first kappa shape index (κ1) is 22.9. The third-order valence-electron chi connectivity index (χ3n) is 4.94. The van der Waals surface area contributed by atoms with Gasteiger partial charge in [-0.3, -0.25) is 4.79 Å². The minimum absolute atomic E-state index is 0.0234. The van der Waals surface area contributed by atoms with Gasteiger partial charge in [-0.25, -0.2) is 8.91 Å². The van der Waals surface area contributed by atoms with E-state index in [1.165, 1.54) is 18.2 Å². The number of aliphatic carboxylic acids is 1. The topological polar surface area (TPSA) is 95.1 Å². The van der Waals surface area contributed by atoms with Crippen LogP contribution in [0.5, 0.6) is 0 Å². The molecule has 2 heterocycles. The molecule has 0 amide bonds. The normalized spacial score (nSPS) is 13.9. The lowest BCUT2D eigenvalue weighted by molar-refractivity contribution is -0.139. The van der Waals surface area contributed by atoms with E-state index >= 15 is 0 Å². The van der Waals surface area contributed by atoms with Crippen molar-refractivity contribution in [1.82, 2.24) is 9.61 Å². The summed E-state index contributed by atoms with van der Waals surface area (Å²) in [5.41, 5.74) is 3.78. The van der Waals surface area contributed by atoms with Crippen molar-refractivity contribution in [1.29, 1.82) is 0 Å². The predicted octanol–water partition coefficient (Wildman–Crippen LogP) is 4.52. The number of aliphatic hydroxyl groups excluding tert-OH is 2. The molecule has 8 heteroatoms. The molecular formula is C23H24ClFN2O4. The number of carboxylic acids is 1. The van der Waals surface area contributed by atoms with Gasteiger partial charge in [0.25, 0.3) is 0 Å². The van der Waals surface area contributed by atoms with Gasteiger partial charge in [0, 0.05) is 23.7 Å². The molecule has 0 bridgehead atoms. The molecule has 2 atom stereocenters. The van der Waals surface area contributed by atoms with Crippen LogP contribution < -0.4 is 0 Å². The first-order valence-corrected chi connectivity index (χ1v) is 10.3. The van der Waals surface area contributed by atoms with Gasteiger partial charge in [0.05, 0.1) is 34.9 Å². The third kappa shape index (κ3) is 5.31. The Morgan fingerprint density at radius 3 is 2.68 bits per heavy atom. The van der Waals surface area contributed by atoms with Crippen molar-refractivity contribution >= 4 is 29.2 Å². The molecule has 3 aromatic rings. The molecule has 0 fully saturated rings. The zero-order chi connectivity index (χ0) is 22.7. The standard InChI is InChI=1S/C23H24ClFN2O4/c1-13(2)22-17(7-6-15(28)11-16(29)12-21(30)31)23(26-27-9-3-4-20(22)27)14-5-8-19(25)18(24)10-14/h3-10,13,15-16,28-29H,11-12H2,1-2H3,(H,30,31)/b7-6+. The van der Waals surface area contributed by atoms with Gasteiger partial charge < -0.3 is 15.3 Å². The Bertz CT molecular complexity index is 1130. The second-order valence-electron chi connectivity index (χ2n) is 7.71. The zero-order valence-electron chi connectivity index (χ0n) is 17.2. The molecule has 0 spiro atoms. The number of benzene rings is 1. The van der Waals surface area contributed by atoms with E-state index in [0.29, 0.717) is 11.3 Å². The number of carboxylic acid groups (broad SMARTS) is 1. The van der Waals surface area contributed by atoms with Crippen LogP contribution in [0.2, 0.25) is 5.02 Å². The molecule has 2 unspecified atom stereocenters. The maximum absolute atomic E-state index is 13.7. The van der Waals surface area contributed by atoms with Crippen LogP contribution in [-0.2, 0) is 4.79 Å². The Morgan fingerprint density at radius 2 is 2.03 bits per heavy atom. The highest BCUT2D eigenvalue weighted by atomic mass is 35.5. The van der Waals surface area contributed by atoms with Crippen molar-refractivity contribution < 1.29 is 24.5 Å². The first-order chi connectivity index (χ1) is 14.7. The summed E-state index contributed by atoms with van der Waals surface area (Å²) in [7, 11) is 0. The minimum atomic E-state index is -1.16. The molecule has 3 N–H and O–H groups in total. The van der Waals surface area contributed by atoms with E-state index in [9.17, 15) is 19.4 Å². The molecule has 0 aliphatic carbocycles. The number of fused-ring (bicyclic) bond motifs is 1. The average Bonchev–Trinajstić information content (AvgIpc) is 3.14. The van der Waals surface area contributed by atoms with Crippen LogP contribution >= 0.6 is 11.6 Å². The number of rotatable bonds is 8. The Kier molecular flexibility index (Phi) is 7.10. The van der Waals surface area contributed by atoms with Crippen LogP contribution in [0.15, 0.2) is 42.6 Å². The van der Waals surface area contributed by atoms with Crippen LogP contribution in [0.4, 0.5) is 4.39 Å². The lowest BCUT2D eigenvalue weighted by Crippen LogP contribution is -2.19. The van der Waals surface area contributed by atoms with Crippen molar-refractivity contribution in [2.24, 2.45) is 0 Å². The fourth-order valence-electron chi connectivity index (χ4n) is 3.58. The number of hydrogen-bond acceptors (Lipinski definition) is 4. The summed E-state index contributed by atoms with van der Waals surface area (Å²) in [4.78, 5) is 10.7. The van der Waals surface area contributed by atoms with Crippen molar-refractivity contribution in [3.63, 3.8) is 0 Å². The van der Waals surface area contributed by atoms with E-state index in [-0.39, 0.29) is 17.4 Å². The highest BCUT2D eigenvalue weighted by Gasteiger charge is 2.19. The smallest absolute Gasteiger partial charge is 0.305 e. The summed E-state index contributed by atoms with van der Waals surface area (Å²) in [5.74, 6) is -1.56. The minimum Gasteiger partial charge on any atom is -0.481 e. The van der Waals surface area contributed by atoms with Gasteiger partial charge in [-0.1, -0.05) is 37.6 Å². The van der Waals surface area contributed by atoms with Crippen LogP contribution in [0.1, 0.15) is 43.7 Å². The molecule has 6 nitrogen and oxygen atoms in total. The molecule has 0 saturated carbocycles. The van der Waals surface area contributed by atoms with Crippen LogP contribution in [-0.4, -0.2) is 43.1 Å². The Labute approximate surface area is 184 Å². The van der Waals surface area contributed by atoms with Crippen molar-refractivity contribution in [2.45, 2.75) is 44.8 Å². The highest BCUT2D eigenvalue weighted by Crippen LogP contribution is 2.34. The van der Waals surface area contributed by atoms with Crippen molar-refractivity contribution in [2.75, 3.05) is 0 Å². The number of halogens is 2. The first-order valence-electron chi connectivity index (χ1n) is 9.90. The van der Waals surface area contributed by atoms with E-state index in [0.717, 1.165) is 16.6 Å². The molecule has 0 aliphatic heterocycles. The lowest BCUT2D eigenvalue weighted by atomic mass is 9.93. The SMILES string of the molecule is CC(C)c1c(/C=C/C(O)CC(O)CC(=O)O)c(-c2ccc(F)c(Cl)c2)nn2cccc12. The van der Waals surface area contributed by atoms with Crippen molar-refractivity contribution in [3.8, 4) is 11.3 Å². The van der Waals surface area contributed by atoms with E-state index in [2.05, 4.69) is 5.10 Å². The second kappa shape index (κ2) is 9.60. The molecule has 164 valence electrons. The summed E-state index contributed by atoms with van der Waals surface area (Å²) in [6, 6.07) is 8.18. The Balaban J connectivity index is 2.10. The number of aromatic nitrogens is 2. The molecule has 3 rings (SSSR count).